The Morgan fingerprint density at radius 1 is 1.12 bits per heavy atom. The zero-order valence-electron chi connectivity index (χ0n) is 8.61. The molecular weight excluding hydrogens is 389 g/mol. The van der Waals surface area contributed by atoms with Crippen LogP contribution in [0.2, 0.25) is 0 Å². The van der Waals surface area contributed by atoms with Crippen molar-refractivity contribution in [2.75, 3.05) is 12.5 Å². The van der Waals surface area contributed by atoms with Crippen molar-refractivity contribution in [3.05, 3.63) is 27.8 Å². The molecule has 0 unspecified atom stereocenters. The summed E-state index contributed by atoms with van der Waals surface area (Å²) in [5.74, 6) is 0. The summed E-state index contributed by atoms with van der Waals surface area (Å²) >= 11 is 11.8. The van der Waals surface area contributed by atoms with Gasteiger partial charge in [0, 0.05) is 4.24 Å². The Kier molecular flexibility index (Phi) is 9.35. The van der Waals surface area contributed by atoms with E-state index < -0.39 is 0 Å². The van der Waals surface area contributed by atoms with Gasteiger partial charge in [0.1, 0.15) is 0 Å². The Morgan fingerprint density at radius 2 is 1.69 bits per heavy atom. The fourth-order valence-electron chi connectivity index (χ4n) is 0.875. The second-order valence-corrected chi connectivity index (χ2v) is 8.65. The van der Waals surface area contributed by atoms with E-state index in [-0.39, 0.29) is 0 Å². The topological polar surface area (TPSA) is 0 Å². The van der Waals surface area contributed by atoms with Gasteiger partial charge in [-0.05, 0) is 12.5 Å². The molecule has 0 fully saturated rings. The van der Waals surface area contributed by atoms with Crippen LogP contribution in [0.15, 0.2) is 22.4 Å². The minimum atomic E-state index is 0.847. The molecule has 8 heteroatoms. The third-order valence-electron chi connectivity index (χ3n) is 1.44. The molecule has 0 amide bonds. The molecule has 0 aromatic heterocycles. The normalized spacial score (nSPS) is 19.3. The van der Waals surface area contributed by atoms with Crippen molar-refractivity contribution in [1.82, 2.24) is 0 Å². The maximum absolute atomic E-state index is 4.76. The predicted octanol–water partition coefficient (Wildman–Crippen LogP) is 5.89. The van der Waals surface area contributed by atoms with Gasteiger partial charge < -0.3 is 17.2 Å². The SMILES string of the molecule is CSC1=C(SC)SC(=C2S[C-]=CS2)S1.[Cl][Zn+]. The number of halogens is 1. The molecule has 2 aliphatic rings. The fraction of sp³-hybridized carbons (Fsp3) is 0.250. The zero-order valence-corrected chi connectivity index (χ0v) is 17.2. The average molecular weight is 396 g/mol. The van der Waals surface area contributed by atoms with Crippen molar-refractivity contribution in [3.63, 3.8) is 0 Å². The van der Waals surface area contributed by atoms with Gasteiger partial charge in [0.05, 0.1) is 12.7 Å². The molecule has 0 aromatic carbocycles. The second-order valence-electron chi connectivity index (χ2n) is 2.22. The van der Waals surface area contributed by atoms with Crippen LogP contribution in [-0.2, 0) is 17.3 Å². The van der Waals surface area contributed by atoms with Crippen molar-refractivity contribution >= 4 is 80.3 Å². The van der Waals surface area contributed by atoms with Crippen molar-refractivity contribution in [3.8, 4) is 0 Å². The molecule has 84 valence electrons. The van der Waals surface area contributed by atoms with Gasteiger partial charge in [-0.1, -0.05) is 23.5 Å². The first-order valence-electron chi connectivity index (χ1n) is 3.95. The number of hydrogen-bond acceptors (Lipinski definition) is 6. The Labute approximate surface area is 136 Å². The fourth-order valence-corrected chi connectivity index (χ4v) is 7.83. The van der Waals surface area contributed by atoms with Crippen LogP contribution in [0.3, 0.4) is 0 Å². The van der Waals surface area contributed by atoms with E-state index in [0.717, 1.165) is 17.3 Å². The standard InChI is InChI=1S/C8H7S6.ClH.Zn/c1-9-5-6(10-2)14-8(13-5)7-11-3-4-12-7;;/h3H,1-2H3;1H;/q-1;;+2/p-1. The van der Waals surface area contributed by atoms with E-state index in [4.69, 9.17) is 9.69 Å². The van der Waals surface area contributed by atoms with E-state index in [2.05, 4.69) is 17.9 Å². The summed E-state index contributed by atoms with van der Waals surface area (Å²) in [5, 5.41) is 5.18. The molecule has 0 saturated carbocycles. The van der Waals surface area contributed by atoms with Crippen molar-refractivity contribution in [2.45, 2.75) is 0 Å². The number of thioether (sulfide) groups is 6. The van der Waals surface area contributed by atoms with Crippen molar-refractivity contribution in [1.29, 1.82) is 0 Å². The monoisotopic (exact) mass is 394 g/mol. The first kappa shape index (κ1) is 16.3. The van der Waals surface area contributed by atoms with Crippen LogP contribution in [0.4, 0.5) is 0 Å². The molecule has 0 aromatic rings. The summed E-state index contributed by atoms with van der Waals surface area (Å²) in [4.78, 5) is 0. The van der Waals surface area contributed by atoms with Gasteiger partial charge in [-0.2, -0.15) is 5.41 Å². The Hall–Kier alpha value is 2.23. The van der Waals surface area contributed by atoms with Crippen LogP contribution in [0, 0.1) is 5.41 Å². The van der Waals surface area contributed by atoms with Crippen LogP contribution in [0.25, 0.3) is 0 Å². The third kappa shape index (κ3) is 4.41. The molecule has 2 heterocycles. The van der Waals surface area contributed by atoms with Crippen LogP contribution in [0.1, 0.15) is 0 Å². The molecule has 2 rings (SSSR count). The Bertz CT molecular complexity index is 309. The van der Waals surface area contributed by atoms with Crippen molar-refractivity contribution in [2.24, 2.45) is 0 Å². The van der Waals surface area contributed by atoms with E-state index in [1.165, 1.54) is 16.9 Å². The number of rotatable bonds is 2. The molecule has 0 atom stereocenters. The first-order valence-corrected chi connectivity index (χ1v) is 13.6. The molecule has 0 aliphatic carbocycles. The van der Waals surface area contributed by atoms with E-state index >= 15 is 0 Å². The molecule has 0 radical (unpaired) electrons. The Morgan fingerprint density at radius 3 is 2.06 bits per heavy atom. The maximum atomic E-state index is 4.76. The van der Waals surface area contributed by atoms with Crippen molar-refractivity contribution < 1.29 is 17.3 Å². The van der Waals surface area contributed by atoms with Crippen LogP contribution in [0.5, 0.6) is 0 Å². The Balaban J connectivity index is 0.000000606. The van der Waals surface area contributed by atoms with Crippen LogP contribution in [-0.4, -0.2) is 12.5 Å². The second kappa shape index (κ2) is 9.19. The van der Waals surface area contributed by atoms with Gasteiger partial charge in [0.25, 0.3) is 0 Å². The summed E-state index contributed by atoms with van der Waals surface area (Å²) in [6.07, 6.45) is 4.29. The van der Waals surface area contributed by atoms with Gasteiger partial charge in [-0.3, -0.25) is 0 Å². The van der Waals surface area contributed by atoms with Gasteiger partial charge >= 0.3 is 27.0 Å². The minimum absolute atomic E-state index is 0.847. The van der Waals surface area contributed by atoms with Gasteiger partial charge in [-0.25, -0.2) is 0 Å². The summed E-state index contributed by atoms with van der Waals surface area (Å²) in [5.41, 5.74) is 0. The van der Waals surface area contributed by atoms with E-state index in [9.17, 15) is 0 Å². The number of hydrogen-bond donors (Lipinski definition) is 0. The van der Waals surface area contributed by atoms with Gasteiger partial charge in [-0.15, -0.1) is 35.3 Å². The summed E-state index contributed by atoms with van der Waals surface area (Å²) in [7, 11) is 4.76. The zero-order chi connectivity index (χ0) is 12.0. The molecule has 16 heavy (non-hydrogen) atoms. The van der Waals surface area contributed by atoms with Crippen LogP contribution < -0.4 is 0 Å². The van der Waals surface area contributed by atoms with Gasteiger partial charge in [0.2, 0.25) is 0 Å². The van der Waals surface area contributed by atoms with Crippen LogP contribution >= 0.6 is 80.3 Å². The van der Waals surface area contributed by atoms with E-state index in [1.807, 2.05) is 52.5 Å². The first-order chi connectivity index (χ1) is 7.85. The molecule has 2 aliphatic heterocycles. The van der Waals surface area contributed by atoms with E-state index in [1.54, 1.807) is 23.5 Å². The van der Waals surface area contributed by atoms with Gasteiger partial charge in [0.15, 0.2) is 0 Å². The quantitative estimate of drug-likeness (QED) is 0.419. The molecule has 0 nitrogen and oxygen atoms in total. The summed E-state index contributed by atoms with van der Waals surface area (Å²) in [6, 6.07) is 0. The molecule has 0 saturated heterocycles. The summed E-state index contributed by atoms with van der Waals surface area (Å²) in [6.45, 7) is 0. The third-order valence-corrected chi connectivity index (χ3v) is 9.15. The van der Waals surface area contributed by atoms with E-state index in [0.29, 0.717) is 0 Å². The molecular formula is C8H7ClS6Zn. The predicted molar refractivity (Wildman–Crippen MR) is 85.1 cm³/mol. The summed E-state index contributed by atoms with van der Waals surface area (Å²) < 4.78 is 5.70. The molecule has 0 spiro atoms. The average Bonchev–Trinajstić information content (AvgIpc) is 2.99. The molecule has 0 bridgehead atoms. The molecule has 0 N–H and O–H groups in total.